The van der Waals surface area contributed by atoms with Crippen molar-refractivity contribution in [1.29, 1.82) is 0 Å². The Labute approximate surface area is 210 Å². The molecule has 4 rings (SSSR count). The van der Waals surface area contributed by atoms with Crippen molar-refractivity contribution in [2.45, 2.75) is 33.4 Å². The van der Waals surface area contributed by atoms with Gasteiger partial charge in [-0.1, -0.05) is 30.3 Å². The van der Waals surface area contributed by atoms with Crippen LogP contribution in [-0.4, -0.2) is 37.6 Å². The van der Waals surface area contributed by atoms with Gasteiger partial charge in [0.1, 0.15) is 11.5 Å². The predicted molar refractivity (Wildman–Crippen MR) is 129 cm³/mol. The van der Waals surface area contributed by atoms with Gasteiger partial charge in [0.25, 0.3) is 11.8 Å². The van der Waals surface area contributed by atoms with Crippen LogP contribution >= 0.6 is 0 Å². The highest BCUT2D eigenvalue weighted by molar-refractivity contribution is 6.38. The molecule has 2 amide bonds. The van der Waals surface area contributed by atoms with Crippen LogP contribution in [0.2, 0.25) is 0 Å². The lowest BCUT2D eigenvalue weighted by atomic mass is 9.99. The molecule has 0 radical (unpaired) electrons. The van der Waals surface area contributed by atoms with Gasteiger partial charge in [0.05, 0.1) is 48.6 Å². The Morgan fingerprint density at radius 2 is 1.38 bits per heavy atom. The second kappa shape index (κ2) is 10.1. The van der Waals surface area contributed by atoms with E-state index in [9.17, 15) is 27.6 Å². The first-order valence-electron chi connectivity index (χ1n) is 11.7. The lowest BCUT2D eigenvalue weighted by molar-refractivity contribution is -0.142. The normalized spacial score (nSPS) is 13.2. The van der Waals surface area contributed by atoms with E-state index in [-0.39, 0.29) is 48.0 Å². The molecule has 1 aliphatic rings. The third-order valence-corrected chi connectivity index (χ3v) is 5.79. The molecule has 37 heavy (non-hydrogen) atoms. The molecule has 10 heteroatoms. The second-order valence-corrected chi connectivity index (χ2v) is 8.10. The van der Waals surface area contributed by atoms with Gasteiger partial charge in [0.2, 0.25) is 0 Å². The number of hydrogen-bond acceptors (Lipinski definition) is 6. The first kappa shape index (κ1) is 26.0. The zero-order valence-corrected chi connectivity index (χ0v) is 20.4. The summed E-state index contributed by atoms with van der Waals surface area (Å²) in [5.74, 6) is -2.41. The van der Waals surface area contributed by atoms with Gasteiger partial charge in [-0.15, -0.1) is 0 Å². The van der Waals surface area contributed by atoms with Crippen LogP contribution in [0.1, 0.15) is 52.6 Å². The first-order chi connectivity index (χ1) is 17.6. The number of anilines is 1. The molecule has 0 spiro atoms. The number of hydrogen-bond donors (Lipinski definition) is 0. The van der Waals surface area contributed by atoms with Gasteiger partial charge in [-0.3, -0.25) is 14.4 Å². The van der Waals surface area contributed by atoms with Crippen molar-refractivity contribution in [3.05, 3.63) is 64.7 Å². The van der Waals surface area contributed by atoms with Gasteiger partial charge >= 0.3 is 12.1 Å². The zero-order valence-electron chi connectivity index (χ0n) is 20.4. The van der Waals surface area contributed by atoms with Gasteiger partial charge in [0.15, 0.2) is 0 Å². The molecule has 0 atom stereocenters. The van der Waals surface area contributed by atoms with E-state index >= 15 is 0 Å². The topological polar surface area (TPSA) is 82.1 Å². The molecule has 0 aliphatic carbocycles. The van der Waals surface area contributed by atoms with Crippen LogP contribution in [0.4, 0.5) is 18.9 Å². The number of fused-ring (bicyclic) bond motifs is 2. The average molecular weight is 515 g/mol. The number of halogens is 3. The summed E-state index contributed by atoms with van der Waals surface area (Å²) in [6, 6.07) is 9.84. The van der Waals surface area contributed by atoms with Crippen molar-refractivity contribution in [2.24, 2.45) is 0 Å². The molecule has 3 aromatic rings. The van der Waals surface area contributed by atoms with Crippen molar-refractivity contribution < 1.29 is 41.8 Å². The molecule has 194 valence electrons. The molecular weight excluding hydrogens is 491 g/mol. The number of alkyl halides is 3. The molecule has 1 aliphatic heterocycles. The van der Waals surface area contributed by atoms with Crippen LogP contribution in [0.25, 0.3) is 10.8 Å². The molecule has 0 N–H and O–H groups in total. The molecule has 7 nitrogen and oxygen atoms in total. The molecule has 0 unspecified atom stereocenters. The highest BCUT2D eigenvalue weighted by atomic mass is 19.4. The summed E-state index contributed by atoms with van der Waals surface area (Å²) in [5, 5.41) is 0.991. The fraction of sp³-hybridized carbons (Fsp3) is 0.296. The average Bonchev–Trinajstić information content (AvgIpc) is 3.11. The van der Waals surface area contributed by atoms with E-state index in [0.29, 0.717) is 15.7 Å². The lowest BCUT2D eigenvalue weighted by Crippen LogP contribution is -2.32. The van der Waals surface area contributed by atoms with Gasteiger partial charge in [-0.05, 0) is 38.5 Å². The first-order valence-corrected chi connectivity index (χ1v) is 11.7. The van der Waals surface area contributed by atoms with Crippen LogP contribution in [0.3, 0.4) is 0 Å². The molecule has 0 fully saturated rings. The molecule has 0 saturated carbocycles. The van der Waals surface area contributed by atoms with E-state index in [1.165, 1.54) is 6.07 Å². The summed E-state index contributed by atoms with van der Waals surface area (Å²) in [6.45, 7) is 5.36. The summed E-state index contributed by atoms with van der Waals surface area (Å²) < 4.78 is 58.8. The number of esters is 1. The Morgan fingerprint density at radius 3 is 1.84 bits per heavy atom. The molecule has 1 heterocycles. The van der Waals surface area contributed by atoms with E-state index in [2.05, 4.69) is 0 Å². The molecule has 0 aromatic heterocycles. The summed E-state index contributed by atoms with van der Waals surface area (Å²) in [4.78, 5) is 39.6. The minimum absolute atomic E-state index is 0.0295. The monoisotopic (exact) mass is 515 g/mol. The Balaban J connectivity index is 1.93. The van der Waals surface area contributed by atoms with Crippen molar-refractivity contribution >= 4 is 34.2 Å². The number of carbonyl (C=O) groups is 3. The summed E-state index contributed by atoms with van der Waals surface area (Å²) in [5.41, 5.74) is -2.16. The summed E-state index contributed by atoms with van der Waals surface area (Å²) in [7, 11) is 0. The molecule has 0 saturated heterocycles. The highest BCUT2D eigenvalue weighted by Gasteiger charge is 2.46. The van der Waals surface area contributed by atoms with Crippen molar-refractivity contribution in [2.75, 3.05) is 24.7 Å². The predicted octanol–water partition coefficient (Wildman–Crippen LogP) is 5.56. The fourth-order valence-electron chi connectivity index (χ4n) is 4.40. The lowest BCUT2D eigenvalue weighted by Gasteiger charge is -2.21. The maximum atomic E-state index is 14.2. The molecule has 0 bridgehead atoms. The molecular formula is C27H24F3NO6. The number of ether oxygens (including phenoxy) is 3. The van der Waals surface area contributed by atoms with Crippen LogP contribution in [0.5, 0.6) is 11.5 Å². The van der Waals surface area contributed by atoms with E-state index in [0.717, 1.165) is 12.1 Å². The molecule has 3 aromatic carbocycles. The van der Waals surface area contributed by atoms with Gasteiger partial charge < -0.3 is 14.2 Å². The Kier molecular flexibility index (Phi) is 7.11. The van der Waals surface area contributed by atoms with Gasteiger partial charge in [0, 0.05) is 10.8 Å². The number of amides is 2. The van der Waals surface area contributed by atoms with Crippen molar-refractivity contribution in [1.82, 2.24) is 0 Å². The summed E-state index contributed by atoms with van der Waals surface area (Å²) >= 11 is 0. The number of rotatable bonds is 8. The third kappa shape index (κ3) is 4.59. The zero-order chi connectivity index (χ0) is 26.9. The Bertz CT molecular complexity index is 1330. The summed E-state index contributed by atoms with van der Waals surface area (Å²) in [6.07, 6.45) is -5.32. The maximum Gasteiger partial charge on any atom is 0.418 e. The van der Waals surface area contributed by atoms with Crippen LogP contribution < -0.4 is 14.4 Å². The third-order valence-electron chi connectivity index (χ3n) is 5.79. The number of nitrogens with zero attached hydrogens (tertiary/aromatic N) is 1. The number of benzene rings is 3. The smallest absolute Gasteiger partial charge is 0.418 e. The maximum absolute atomic E-state index is 14.2. The van der Waals surface area contributed by atoms with Crippen LogP contribution in [0, 0.1) is 0 Å². The van der Waals surface area contributed by atoms with E-state index in [1.54, 1.807) is 45.0 Å². The highest BCUT2D eigenvalue weighted by Crippen LogP contribution is 2.48. The minimum Gasteiger partial charge on any atom is -0.492 e. The SMILES string of the molecule is CCOC(=O)Cc1ccc(N2C(=O)c3c(c(OCC)c4ccccc4c3OCC)C2=O)c(C(F)(F)F)c1. The standard InChI is InChI=1S/C27H24F3NO6/c1-4-35-20(32)14-15-11-12-19(18(13-15)27(28,29)30)31-25(33)21-22(26(31)34)24(37-6-3)17-10-8-7-9-16(17)23(21)36-5-2/h7-13H,4-6,14H2,1-3H3. The minimum atomic E-state index is -4.93. The Hall–Kier alpha value is -4.08. The van der Waals surface area contributed by atoms with Crippen molar-refractivity contribution in [3.8, 4) is 11.5 Å². The van der Waals surface area contributed by atoms with Crippen LogP contribution in [0.15, 0.2) is 42.5 Å². The van der Waals surface area contributed by atoms with Gasteiger partial charge in [-0.25, -0.2) is 4.90 Å². The fourth-order valence-corrected chi connectivity index (χ4v) is 4.40. The Morgan fingerprint density at radius 1 is 0.838 bits per heavy atom. The largest absolute Gasteiger partial charge is 0.492 e. The quantitative estimate of drug-likeness (QED) is 0.289. The van der Waals surface area contributed by atoms with E-state index in [1.807, 2.05) is 0 Å². The van der Waals surface area contributed by atoms with Gasteiger partial charge in [-0.2, -0.15) is 13.2 Å². The van der Waals surface area contributed by atoms with Crippen molar-refractivity contribution in [3.63, 3.8) is 0 Å². The number of imide groups is 1. The number of carbonyl (C=O) groups excluding carboxylic acids is 3. The second-order valence-electron chi connectivity index (χ2n) is 8.10. The van der Waals surface area contributed by atoms with Crippen LogP contribution in [-0.2, 0) is 22.1 Å². The van der Waals surface area contributed by atoms with E-state index < -0.39 is 41.6 Å². The van der Waals surface area contributed by atoms with E-state index in [4.69, 9.17) is 14.2 Å².